The standard InChI is InChI=1S/C14H19N3O4/c1-14(2,15)13-16-12(21-17-13)8-6-7-9(18-3)11(20-5)10(8)19-4/h6-7H,15H2,1-5H3. The molecule has 0 aliphatic heterocycles. The van der Waals surface area contributed by atoms with Gasteiger partial charge in [-0.3, -0.25) is 0 Å². The van der Waals surface area contributed by atoms with Crippen LogP contribution in [-0.4, -0.2) is 31.5 Å². The van der Waals surface area contributed by atoms with Gasteiger partial charge in [-0.05, 0) is 26.0 Å². The zero-order chi connectivity index (χ0) is 15.6. The number of aromatic nitrogens is 2. The summed E-state index contributed by atoms with van der Waals surface area (Å²) in [5, 5.41) is 3.90. The van der Waals surface area contributed by atoms with E-state index in [1.807, 2.05) is 0 Å². The second-order valence-corrected chi connectivity index (χ2v) is 5.03. The number of hydrogen-bond acceptors (Lipinski definition) is 7. The SMILES string of the molecule is COc1ccc(-c2nc(C(C)(C)N)no2)c(OC)c1OC. The minimum absolute atomic E-state index is 0.307. The van der Waals surface area contributed by atoms with Gasteiger partial charge in [-0.2, -0.15) is 4.98 Å². The van der Waals surface area contributed by atoms with Gasteiger partial charge in [-0.1, -0.05) is 5.16 Å². The lowest BCUT2D eigenvalue weighted by Gasteiger charge is -2.14. The Morgan fingerprint density at radius 3 is 2.19 bits per heavy atom. The molecule has 2 rings (SSSR count). The van der Waals surface area contributed by atoms with E-state index in [2.05, 4.69) is 10.1 Å². The lowest BCUT2D eigenvalue weighted by Crippen LogP contribution is -2.30. The summed E-state index contributed by atoms with van der Waals surface area (Å²) in [6.07, 6.45) is 0. The van der Waals surface area contributed by atoms with E-state index in [9.17, 15) is 0 Å². The molecular weight excluding hydrogens is 274 g/mol. The second kappa shape index (κ2) is 5.61. The van der Waals surface area contributed by atoms with Gasteiger partial charge in [0.25, 0.3) is 5.89 Å². The Labute approximate surface area is 123 Å². The molecule has 2 aromatic rings. The van der Waals surface area contributed by atoms with E-state index < -0.39 is 5.54 Å². The van der Waals surface area contributed by atoms with Gasteiger partial charge in [0, 0.05) is 0 Å². The molecule has 0 saturated heterocycles. The quantitative estimate of drug-likeness (QED) is 0.900. The van der Waals surface area contributed by atoms with Gasteiger partial charge in [-0.15, -0.1) is 0 Å². The number of nitrogens with two attached hydrogens (primary N) is 1. The zero-order valence-corrected chi connectivity index (χ0v) is 12.8. The fraction of sp³-hybridized carbons (Fsp3) is 0.429. The molecule has 0 fully saturated rings. The first-order chi connectivity index (χ1) is 9.92. The number of hydrogen-bond donors (Lipinski definition) is 1. The van der Waals surface area contributed by atoms with Crippen molar-refractivity contribution in [2.45, 2.75) is 19.4 Å². The van der Waals surface area contributed by atoms with Crippen LogP contribution in [0.2, 0.25) is 0 Å². The molecule has 114 valence electrons. The Hall–Kier alpha value is -2.28. The summed E-state index contributed by atoms with van der Waals surface area (Å²) in [5.74, 6) is 2.19. The van der Waals surface area contributed by atoms with E-state index in [1.54, 1.807) is 33.1 Å². The van der Waals surface area contributed by atoms with Crippen LogP contribution in [0.25, 0.3) is 11.5 Å². The first-order valence-electron chi connectivity index (χ1n) is 6.34. The van der Waals surface area contributed by atoms with Crippen molar-refractivity contribution < 1.29 is 18.7 Å². The van der Waals surface area contributed by atoms with Crippen molar-refractivity contribution in [3.63, 3.8) is 0 Å². The second-order valence-electron chi connectivity index (χ2n) is 5.03. The molecule has 7 nitrogen and oxygen atoms in total. The van der Waals surface area contributed by atoms with Crippen molar-refractivity contribution in [2.24, 2.45) is 5.73 Å². The molecule has 0 aliphatic carbocycles. The summed E-state index contributed by atoms with van der Waals surface area (Å²) >= 11 is 0. The van der Waals surface area contributed by atoms with Crippen molar-refractivity contribution in [1.82, 2.24) is 10.1 Å². The van der Waals surface area contributed by atoms with Gasteiger partial charge in [-0.25, -0.2) is 0 Å². The monoisotopic (exact) mass is 293 g/mol. The Morgan fingerprint density at radius 1 is 1.05 bits per heavy atom. The van der Waals surface area contributed by atoms with Crippen molar-refractivity contribution in [3.05, 3.63) is 18.0 Å². The van der Waals surface area contributed by atoms with E-state index in [-0.39, 0.29) is 0 Å². The maximum atomic E-state index is 5.96. The normalized spacial score (nSPS) is 11.3. The first-order valence-corrected chi connectivity index (χ1v) is 6.34. The van der Waals surface area contributed by atoms with Gasteiger partial charge in [0.2, 0.25) is 5.75 Å². The van der Waals surface area contributed by atoms with E-state index in [4.69, 9.17) is 24.5 Å². The van der Waals surface area contributed by atoms with Crippen LogP contribution >= 0.6 is 0 Å². The van der Waals surface area contributed by atoms with Gasteiger partial charge < -0.3 is 24.5 Å². The summed E-state index contributed by atoms with van der Waals surface area (Å²) in [5.41, 5.74) is 5.88. The van der Waals surface area contributed by atoms with E-state index in [0.29, 0.717) is 34.5 Å². The van der Waals surface area contributed by atoms with E-state index in [1.165, 1.54) is 14.2 Å². The number of methoxy groups -OCH3 is 3. The predicted octanol–water partition coefficient (Wildman–Crippen LogP) is 1.96. The summed E-state index contributed by atoms with van der Waals surface area (Å²) in [6, 6.07) is 3.51. The summed E-state index contributed by atoms with van der Waals surface area (Å²) < 4.78 is 21.2. The lowest BCUT2D eigenvalue weighted by atomic mass is 10.1. The van der Waals surface area contributed by atoms with Crippen molar-refractivity contribution in [1.29, 1.82) is 0 Å². The molecule has 0 bridgehead atoms. The Kier molecular flexibility index (Phi) is 4.04. The minimum Gasteiger partial charge on any atom is -0.493 e. The zero-order valence-electron chi connectivity index (χ0n) is 12.8. The van der Waals surface area contributed by atoms with Gasteiger partial charge in [0.05, 0.1) is 32.4 Å². The minimum atomic E-state index is -0.689. The molecule has 0 radical (unpaired) electrons. The maximum Gasteiger partial charge on any atom is 0.261 e. The number of nitrogens with zero attached hydrogens (tertiary/aromatic N) is 2. The molecule has 0 spiro atoms. The average molecular weight is 293 g/mol. The summed E-state index contributed by atoms with van der Waals surface area (Å²) in [6.45, 7) is 3.60. The Balaban J connectivity index is 2.56. The smallest absolute Gasteiger partial charge is 0.261 e. The first kappa shape index (κ1) is 15.1. The van der Waals surface area contributed by atoms with Crippen LogP contribution in [0.4, 0.5) is 0 Å². The van der Waals surface area contributed by atoms with Crippen LogP contribution in [0.3, 0.4) is 0 Å². The third kappa shape index (κ3) is 2.78. The highest BCUT2D eigenvalue weighted by Crippen LogP contribution is 2.43. The molecule has 21 heavy (non-hydrogen) atoms. The van der Waals surface area contributed by atoms with Gasteiger partial charge in [0.15, 0.2) is 17.3 Å². The van der Waals surface area contributed by atoms with E-state index >= 15 is 0 Å². The van der Waals surface area contributed by atoms with Crippen LogP contribution in [0.1, 0.15) is 19.7 Å². The molecule has 1 aromatic carbocycles. The molecule has 0 saturated carbocycles. The summed E-state index contributed by atoms with van der Waals surface area (Å²) in [7, 11) is 4.62. The molecule has 0 unspecified atom stereocenters. The predicted molar refractivity (Wildman–Crippen MR) is 76.6 cm³/mol. The molecule has 0 amide bonds. The summed E-state index contributed by atoms with van der Waals surface area (Å²) in [4.78, 5) is 4.31. The highest BCUT2D eigenvalue weighted by atomic mass is 16.5. The fourth-order valence-corrected chi connectivity index (χ4v) is 1.86. The molecule has 0 aliphatic rings. The Morgan fingerprint density at radius 2 is 1.71 bits per heavy atom. The molecule has 2 N–H and O–H groups in total. The van der Waals surface area contributed by atoms with Crippen molar-refractivity contribution in [2.75, 3.05) is 21.3 Å². The Bertz CT molecular complexity index is 632. The largest absolute Gasteiger partial charge is 0.493 e. The molecule has 1 aromatic heterocycles. The number of rotatable bonds is 5. The van der Waals surface area contributed by atoms with Crippen LogP contribution < -0.4 is 19.9 Å². The van der Waals surface area contributed by atoms with Crippen LogP contribution in [0.5, 0.6) is 17.2 Å². The molecule has 1 heterocycles. The lowest BCUT2D eigenvalue weighted by molar-refractivity contribution is 0.324. The molecule has 7 heteroatoms. The van der Waals surface area contributed by atoms with Crippen LogP contribution in [-0.2, 0) is 5.54 Å². The molecule has 0 atom stereocenters. The van der Waals surface area contributed by atoms with E-state index in [0.717, 1.165) is 0 Å². The highest BCUT2D eigenvalue weighted by Gasteiger charge is 2.25. The fourth-order valence-electron chi connectivity index (χ4n) is 1.86. The van der Waals surface area contributed by atoms with Crippen molar-refractivity contribution in [3.8, 4) is 28.7 Å². The third-order valence-electron chi connectivity index (χ3n) is 2.94. The van der Waals surface area contributed by atoms with Crippen molar-refractivity contribution >= 4 is 0 Å². The average Bonchev–Trinajstić information content (AvgIpc) is 2.95. The van der Waals surface area contributed by atoms with Crippen LogP contribution in [0, 0.1) is 0 Å². The third-order valence-corrected chi connectivity index (χ3v) is 2.94. The van der Waals surface area contributed by atoms with Gasteiger partial charge >= 0.3 is 0 Å². The number of benzene rings is 1. The topological polar surface area (TPSA) is 92.6 Å². The molecular formula is C14H19N3O4. The van der Waals surface area contributed by atoms with Crippen LogP contribution in [0.15, 0.2) is 16.7 Å². The highest BCUT2D eigenvalue weighted by molar-refractivity contribution is 5.71. The van der Waals surface area contributed by atoms with Gasteiger partial charge in [0.1, 0.15) is 0 Å². The maximum absolute atomic E-state index is 5.96. The number of ether oxygens (including phenoxy) is 3.